The van der Waals surface area contributed by atoms with E-state index in [1.54, 1.807) is 12.1 Å². The molecule has 4 aromatic carbocycles. The molecule has 0 bridgehead atoms. The van der Waals surface area contributed by atoms with Gasteiger partial charge in [0.1, 0.15) is 11.6 Å². The Morgan fingerprint density at radius 3 is 1.91 bits per heavy atom. The van der Waals surface area contributed by atoms with E-state index in [0.717, 1.165) is 29.2 Å². The van der Waals surface area contributed by atoms with Crippen molar-refractivity contribution in [2.75, 3.05) is 0 Å². The Morgan fingerprint density at radius 1 is 0.606 bits per heavy atom. The van der Waals surface area contributed by atoms with Gasteiger partial charge in [0, 0.05) is 17.0 Å². The zero-order valence-corrected chi connectivity index (χ0v) is 16.7. The van der Waals surface area contributed by atoms with Crippen LogP contribution in [0.25, 0.3) is 21.9 Å². The third kappa shape index (κ3) is 5.02. The molecule has 0 spiro atoms. The van der Waals surface area contributed by atoms with Crippen molar-refractivity contribution in [3.8, 4) is 34.8 Å². The van der Waals surface area contributed by atoms with E-state index in [9.17, 15) is 26.3 Å². The number of hydrogen-bond donors (Lipinski definition) is 0. The normalized spacial score (nSPS) is 10.8. The molecule has 0 nitrogen and oxygen atoms in total. The zero-order chi connectivity index (χ0) is 23.6. The predicted molar refractivity (Wildman–Crippen MR) is 115 cm³/mol. The lowest BCUT2D eigenvalue weighted by atomic mass is 10.0. The molecule has 0 fully saturated rings. The maximum atomic E-state index is 14.6. The summed E-state index contributed by atoms with van der Waals surface area (Å²) < 4.78 is 80.1. The van der Waals surface area contributed by atoms with Gasteiger partial charge in [-0.1, -0.05) is 60.2 Å². The Balaban J connectivity index is 1.68. The highest BCUT2D eigenvalue weighted by atomic mass is 19.4. The Bertz CT molecular complexity index is 1460. The minimum absolute atomic E-state index is 0.153. The van der Waals surface area contributed by atoms with Crippen molar-refractivity contribution in [1.29, 1.82) is 0 Å². The maximum absolute atomic E-state index is 14.6. The van der Waals surface area contributed by atoms with E-state index in [4.69, 9.17) is 0 Å². The molecule has 162 valence electrons. The molecule has 0 N–H and O–H groups in total. The van der Waals surface area contributed by atoms with E-state index in [1.165, 1.54) is 12.0 Å². The summed E-state index contributed by atoms with van der Waals surface area (Å²) in [6.07, 6.45) is -4.94. The van der Waals surface area contributed by atoms with Crippen LogP contribution >= 0.6 is 0 Å². The summed E-state index contributed by atoms with van der Waals surface area (Å²) in [7, 11) is 0. The molecule has 4 aromatic rings. The van der Waals surface area contributed by atoms with Crippen molar-refractivity contribution >= 4 is 10.8 Å². The fraction of sp³-hybridized carbons (Fsp3) is 0.0370. The lowest BCUT2D eigenvalue weighted by Gasteiger charge is -2.06. The van der Waals surface area contributed by atoms with Crippen LogP contribution in [-0.2, 0) is 0 Å². The van der Waals surface area contributed by atoms with Gasteiger partial charge in [0.2, 0.25) is 0 Å². The largest absolute Gasteiger partial charge is 0.458 e. The van der Waals surface area contributed by atoms with E-state index >= 15 is 0 Å². The molecule has 0 aliphatic heterocycles. The van der Waals surface area contributed by atoms with Crippen LogP contribution in [0.2, 0.25) is 0 Å². The lowest BCUT2D eigenvalue weighted by molar-refractivity contribution is -0.0696. The van der Waals surface area contributed by atoms with Gasteiger partial charge in [-0.15, -0.1) is 0 Å². The first-order chi connectivity index (χ1) is 15.7. The van der Waals surface area contributed by atoms with Gasteiger partial charge in [-0.25, -0.2) is 13.2 Å². The predicted octanol–water partition coefficient (Wildman–Crippen LogP) is 7.24. The van der Waals surface area contributed by atoms with Crippen LogP contribution in [0.3, 0.4) is 0 Å². The minimum atomic E-state index is -4.94. The first-order valence-corrected chi connectivity index (χ1v) is 9.60. The molecule has 33 heavy (non-hydrogen) atoms. The molecular formula is C27H12F6. The lowest BCUT2D eigenvalue weighted by Crippen LogP contribution is -2.03. The number of alkyl halides is 3. The van der Waals surface area contributed by atoms with Crippen LogP contribution in [-0.4, -0.2) is 6.18 Å². The van der Waals surface area contributed by atoms with Gasteiger partial charge in [0.15, 0.2) is 5.82 Å². The third-order valence-electron chi connectivity index (χ3n) is 4.75. The molecule has 0 heterocycles. The molecule has 4 rings (SSSR count). The first-order valence-electron chi connectivity index (χ1n) is 9.60. The SMILES string of the molecule is Fc1cc2cc(C#Cc3ccc(-c4ccccc4)cc3)cc(F)c2c(F)c1C#CC(F)(F)F. The molecule has 0 aromatic heterocycles. The second kappa shape index (κ2) is 8.76. The summed E-state index contributed by atoms with van der Waals surface area (Å²) in [4.78, 5) is 0. The van der Waals surface area contributed by atoms with Crippen molar-refractivity contribution in [2.45, 2.75) is 6.18 Å². The summed E-state index contributed by atoms with van der Waals surface area (Å²) in [5.74, 6) is 3.90. The average Bonchev–Trinajstić information content (AvgIpc) is 2.77. The monoisotopic (exact) mass is 450 g/mol. The smallest absolute Gasteiger partial charge is 0.206 e. The second-order valence-electron chi connectivity index (χ2n) is 7.04. The van der Waals surface area contributed by atoms with Gasteiger partial charge < -0.3 is 0 Å². The molecule has 0 aliphatic carbocycles. The molecule has 0 saturated carbocycles. The topological polar surface area (TPSA) is 0 Å². The van der Waals surface area contributed by atoms with E-state index in [-0.39, 0.29) is 10.9 Å². The highest BCUT2D eigenvalue weighted by molar-refractivity contribution is 5.87. The summed E-state index contributed by atoms with van der Waals surface area (Å²) in [5.41, 5.74) is 1.69. The molecule has 0 radical (unpaired) electrons. The van der Waals surface area contributed by atoms with Crippen molar-refractivity contribution < 1.29 is 26.3 Å². The van der Waals surface area contributed by atoms with Gasteiger partial charge in [-0.2, -0.15) is 13.2 Å². The zero-order valence-electron chi connectivity index (χ0n) is 16.7. The third-order valence-corrected chi connectivity index (χ3v) is 4.75. The Hall–Kier alpha value is -4.16. The van der Waals surface area contributed by atoms with Crippen LogP contribution in [0.5, 0.6) is 0 Å². The molecule has 0 atom stereocenters. The maximum Gasteiger partial charge on any atom is 0.458 e. The second-order valence-corrected chi connectivity index (χ2v) is 7.04. The molecule has 0 saturated heterocycles. The molecule has 6 heteroatoms. The van der Waals surface area contributed by atoms with Crippen LogP contribution in [0, 0.1) is 41.1 Å². The number of hydrogen-bond acceptors (Lipinski definition) is 0. The molecule has 0 aliphatic rings. The Morgan fingerprint density at radius 2 is 1.24 bits per heavy atom. The minimum Gasteiger partial charge on any atom is -0.206 e. The summed E-state index contributed by atoms with van der Waals surface area (Å²) >= 11 is 0. The molecule has 0 unspecified atom stereocenters. The van der Waals surface area contributed by atoms with Gasteiger partial charge >= 0.3 is 6.18 Å². The summed E-state index contributed by atoms with van der Waals surface area (Å²) in [5, 5.41) is -0.827. The van der Waals surface area contributed by atoms with Crippen molar-refractivity contribution in [3.63, 3.8) is 0 Å². The van der Waals surface area contributed by atoms with Crippen molar-refractivity contribution in [2.24, 2.45) is 0 Å². The summed E-state index contributed by atoms with van der Waals surface area (Å²) in [6, 6.07) is 20.0. The van der Waals surface area contributed by atoms with Crippen LogP contribution in [0.15, 0.2) is 72.8 Å². The van der Waals surface area contributed by atoms with Gasteiger partial charge in [-0.05, 0) is 46.8 Å². The number of rotatable bonds is 1. The van der Waals surface area contributed by atoms with Gasteiger partial charge in [0.25, 0.3) is 0 Å². The van der Waals surface area contributed by atoms with Crippen molar-refractivity contribution in [1.82, 2.24) is 0 Å². The van der Waals surface area contributed by atoms with Crippen LogP contribution in [0.4, 0.5) is 26.3 Å². The fourth-order valence-corrected chi connectivity index (χ4v) is 3.25. The van der Waals surface area contributed by atoms with Crippen LogP contribution in [0.1, 0.15) is 16.7 Å². The molecule has 0 amide bonds. The van der Waals surface area contributed by atoms with E-state index < -0.39 is 34.6 Å². The van der Waals surface area contributed by atoms with E-state index in [0.29, 0.717) is 5.56 Å². The highest BCUT2D eigenvalue weighted by Crippen LogP contribution is 2.28. The fourth-order valence-electron chi connectivity index (χ4n) is 3.25. The van der Waals surface area contributed by atoms with E-state index in [2.05, 4.69) is 11.8 Å². The highest BCUT2D eigenvalue weighted by Gasteiger charge is 2.24. The number of halogens is 6. The number of fused-ring (bicyclic) bond motifs is 1. The van der Waals surface area contributed by atoms with Crippen LogP contribution < -0.4 is 0 Å². The first kappa shape index (κ1) is 22.0. The van der Waals surface area contributed by atoms with Crippen molar-refractivity contribution in [3.05, 3.63) is 107 Å². The number of benzene rings is 4. The van der Waals surface area contributed by atoms with Gasteiger partial charge in [-0.3, -0.25) is 0 Å². The Labute approximate surface area is 185 Å². The Kier molecular flexibility index (Phi) is 5.85. The molecular weight excluding hydrogens is 438 g/mol. The summed E-state index contributed by atoms with van der Waals surface area (Å²) in [6.45, 7) is 0. The average molecular weight is 450 g/mol. The quantitative estimate of drug-likeness (QED) is 0.212. The van der Waals surface area contributed by atoms with E-state index in [1.807, 2.05) is 42.5 Å². The standard InChI is InChI=1S/C27H12F6/c28-23-16-21-14-18(15-24(29)25(21)26(30)22(23)12-13-27(31,32)33)7-6-17-8-10-20(11-9-17)19-4-2-1-3-5-19/h1-5,8-11,14-16H. The van der Waals surface area contributed by atoms with Gasteiger partial charge in [0.05, 0.1) is 10.9 Å².